The summed E-state index contributed by atoms with van der Waals surface area (Å²) in [5.74, 6) is 0.739. The molecule has 0 atom stereocenters. The molecule has 0 unspecified atom stereocenters. The minimum atomic E-state index is -3.55. The summed E-state index contributed by atoms with van der Waals surface area (Å²) in [5.41, 5.74) is 5.58. The Morgan fingerprint density at radius 2 is 1.22 bits per heavy atom. The van der Waals surface area contributed by atoms with E-state index in [9.17, 15) is 4.57 Å². The van der Waals surface area contributed by atoms with Gasteiger partial charge in [-0.15, -0.1) is 0 Å². The number of nitrogens with zero attached hydrogens (tertiary/aromatic N) is 3. The van der Waals surface area contributed by atoms with Gasteiger partial charge in [-0.25, -0.2) is 8.52 Å². The number of aromatic nitrogens is 2. The summed E-state index contributed by atoms with van der Waals surface area (Å²) < 4.78 is 20.9. The van der Waals surface area contributed by atoms with Gasteiger partial charge in [-0.3, -0.25) is 0 Å². The van der Waals surface area contributed by atoms with Crippen LogP contribution in [0.25, 0.3) is 17.1 Å². The Bertz CT molecular complexity index is 1450. The summed E-state index contributed by atoms with van der Waals surface area (Å²) in [6.45, 7) is 4.03. The number of hydrogen-bond donors (Lipinski definition) is 2. The van der Waals surface area contributed by atoms with E-state index in [0.29, 0.717) is 16.2 Å². The van der Waals surface area contributed by atoms with Crippen molar-refractivity contribution in [2.75, 3.05) is 10.2 Å². The van der Waals surface area contributed by atoms with E-state index in [2.05, 4.69) is 14.9 Å². The van der Waals surface area contributed by atoms with E-state index in [1.54, 1.807) is 0 Å². The van der Waals surface area contributed by atoms with Crippen molar-refractivity contribution in [3.8, 4) is 17.1 Å². The first kappa shape index (κ1) is 23.8. The maximum absolute atomic E-state index is 14.3. The zero-order valence-electron chi connectivity index (χ0n) is 20.0. The van der Waals surface area contributed by atoms with Gasteiger partial charge in [0.15, 0.2) is 5.82 Å². The van der Waals surface area contributed by atoms with Crippen molar-refractivity contribution in [3.63, 3.8) is 0 Å². The Kier molecular flexibility index (Phi) is 6.85. The summed E-state index contributed by atoms with van der Waals surface area (Å²) in [7, 11) is -3.55. The Labute approximate surface area is 214 Å². The molecular formula is C28H26N5OPS. The van der Waals surface area contributed by atoms with Crippen LogP contribution >= 0.6 is 19.1 Å². The van der Waals surface area contributed by atoms with Crippen LogP contribution in [0.15, 0.2) is 114 Å². The maximum atomic E-state index is 14.3. The Hall–Kier alpha value is -3.93. The monoisotopic (exact) mass is 511 g/mol. The lowest BCUT2D eigenvalue weighted by Crippen LogP contribution is -2.09. The molecule has 6 nitrogen and oxygen atoms in total. The molecule has 0 bridgehead atoms. The van der Waals surface area contributed by atoms with Crippen LogP contribution < -0.4 is 15.0 Å². The molecule has 0 radical (unpaired) electrons. The molecular weight excluding hydrogens is 485 g/mol. The second kappa shape index (κ2) is 10.4. The van der Waals surface area contributed by atoms with Gasteiger partial charge < -0.3 is 10.2 Å². The number of para-hydroxylation sites is 1. The van der Waals surface area contributed by atoms with Gasteiger partial charge in [0, 0.05) is 16.9 Å². The van der Waals surface area contributed by atoms with Crippen molar-refractivity contribution in [1.82, 2.24) is 8.94 Å². The lowest BCUT2D eigenvalue weighted by atomic mass is 10.2. The van der Waals surface area contributed by atoms with Crippen molar-refractivity contribution in [1.29, 1.82) is 0 Å². The van der Waals surface area contributed by atoms with Crippen molar-refractivity contribution in [3.05, 3.63) is 125 Å². The number of hydrogen-bond acceptors (Lipinski definition) is 3. The van der Waals surface area contributed by atoms with E-state index in [4.69, 9.17) is 4.98 Å². The normalized spacial score (nSPS) is 11.9. The predicted octanol–water partition coefficient (Wildman–Crippen LogP) is 7.45. The molecule has 0 aliphatic carbocycles. The van der Waals surface area contributed by atoms with Crippen LogP contribution in [0.4, 0.5) is 11.4 Å². The largest absolute Gasteiger partial charge is 0.376 e. The van der Waals surface area contributed by atoms with Crippen LogP contribution in [0.1, 0.15) is 11.1 Å². The third-order valence-electron chi connectivity index (χ3n) is 5.48. The van der Waals surface area contributed by atoms with Crippen molar-refractivity contribution in [2.45, 2.75) is 13.8 Å². The summed E-state index contributed by atoms with van der Waals surface area (Å²) in [5, 5.41) is 6.28. The van der Waals surface area contributed by atoms with Crippen LogP contribution in [0.5, 0.6) is 0 Å². The highest BCUT2D eigenvalue weighted by Crippen LogP contribution is 2.46. The minimum absolute atomic E-state index is 0.403. The van der Waals surface area contributed by atoms with Gasteiger partial charge in [0.1, 0.15) is 0 Å². The Morgan fingerprint density at radius 3 is 1.75 bits per heavy atom. The minimum Gasteiger partial charge on any atom is -0.303 e. The first-order valence-corrected chi connectivity index (χ1v) is 14.0. The topological polar surface area (TPSA) is 71.3 Å². The number of rotatable bonds is 7. The van der Waals surface area contributed by atoms with Crippen LogP contribution in [0.3, 0.4) is 0 Å². The molecule has 5 rings (SSSR count). The number of nitrogens with one attached hydrogen (secondary N) is 2. The fourth-order valence-corrected chi connectivity index (χ4v) is 6.32. The Morgan fingerprint density at radius 1 is 0.722 bits per heavy atom. The SMILES string of the molecule is Cc1ccc(NP(=O)(N=c2nc(-c3ccccc3)n(-c3ccccc3)s2)Nc2ccc(C)cc2)cc1. The second-order valence-electron chi connectivity index (χ2n) is 8.44. The van der Waals surface area contributed by atoms with E-state index >= 15 is 0 Å². The van der Waals surface area contributed by atoms with Crippen molar-refractivity contribution >= 4 is 30.5 Å². The molecule has 2 N–H and O–H groups in total. The molecule has 0 aliphatic rings. The van der Waals surface area contributed by atoms with Crippen LogP contribution in [-0.4, -0.2) is 8.94 Å². The Balaban J connectivity index is 1.62. The molecule has 4 aromatic carbocycles. The average Bonchev–Trinajstić information content (AvgIpc) is 3.31. The highest BCUT2D eigenvalue weighted by atomic mass is 32.1. The van der Waals surface area contributed by atoms with Gasteiger partial charge in [-0.05, 0) is 61.8 Å². The molecule has 0 amide bonds. The summed E-state index contributed by atoms with van der Waals surface area (Å²) in [6.07, 6.45) is 0. The molecule has 0 saturated heterocycles. The number of benzene rings is 4. The highest BCUT2D eigenvalue weighted by molar-refractivity contribution is 7.65. The summed E-state index contributed by atoms with van der Waals surface area (Å²) >= 11 is 1.35. The molecule has 0 aliphatic heterocycles. The van der Waals surface area contributed by atoms with E-state index in [1.807, 2.05) is 127 Å². The molecule has 36 heavy (non-hydrogen) atoms. The van der Waals surface area contributed by atoms with Gasteiger partial charge in [0.05, 0.1) is 5.69 Å². The third-order valence-corrected chi connectivity index (χ3v) is 8.12. The average molecular weight is 512 g/mol. The van der Waals surface area contributed by atoms with E-state index in [1.165, 1.54) is 11.5 Å². The number of anilines is 2. The lowest BCUT2D eigenvalue weighted by molar-refractivity contribution is 0.582. The fourth-order valence-electron chi connectivity index (χ4n) is 3.63. The quantitative estimate of drug-likeness (QED) is 0.223. The van der Waals surface area contributed by atoms with Gasteiger partial charge in [-0.1, -0.05) is 83.9 Å². The van der Waals surface area contributed by atoms with E-state index < -0.39 is 7.59 Å². The number of aryl methyl sites for hydroxylation is 2. The van der Waals surface area contributed by atoms with Crippen molar-refractivity contribution < 1.29 is 4.57 Å². The van der Waals surface area contributed by atoms with E-state index in [-0.39, 0.29) is 0 Å². The van der Waals surface area contributed by atoms with Gasteiger partial charge in [0.25, 0.3) is 0 Å². The van der Waals surface area contributed by atoms with E-state index in [0.717, 1.165) is 28.2 Å². The summed E-state index contributed by atoms with van der Waals surface area (Å²) in [6, 6.07) is 35.4. The second-order valence-corrected chi connectivity index (χ2v) is 11.1. The van der Waals surface area contributed by atoms with Crippen LogP contribution in [0, 0.1) is 13.8 Å². The first-order chi connectivity index (χ1) is 17.5. The molecule has 5 aromatic rings. The third kappa shape index (κ3) is 5.65. The predicted molar refractivity (Wildman–Crippen MR) is 150 cm³/mol. The standard InChI is InChI=1S/C28H26N5OPS/c1-21-13-17-24(18-14-21)30-35(34,31-25-19-15-22(2)16-20-25)32-28-29-27(23-9-5-3-6-10-23)33(36-28)26-11-7-4-8-12-26/h3-20H,1-2H3,(H2,30,31,34). The molecule has 180 valence electrons. The molecule has 1 aromatic heterocycles. The molecule has 8 heteroatoms. The zero-order chi connectivity index (χ0) is 25.0. The molecule has 1 heterocycles. The van der Waals surface area contributed by atoms with Crippen molar-refractivity contribution in [2.24, 2.45) is 4.76 Å². The van der Waals surface area contributed by atoms with Crippen LogP contribution in [0.2, 0.25) is 0 Å². The fraction of sp³-hybridized carbons (Fsp3) is 0.0714. The summed E-state index contributed by atoms with van der Waals surface area (Å²) in [4.78, 5) is 5.22. The lowest BCUT2D eigenvalue weighted by Gasteiger charge is -2.18. The molecule has 0 spiro atoms. The first-order valence-electron chi connectivity index (χ1n) is 11.5. The molecule has 0 saturated carbocycles. The smallest absolute Gasteiger partial charge is 0.303 e. The van der Waals surface area contributed by atoms with Gasteiger partial charge in [-0.2, -0.15) is 9.75 Å². The van der Waals surface area contributed by atoms with Gasteiger partial charge in [0.2, 0.25) is 4.80 Å². The van der Waals surface area contributed by atoms with Crippen LogP contribution in [-0.2, 0) is 4.57 Å². The highest BCUT2D eigenvalue weighted by Gasteiger charge is 2.23. The van der Waals surface area contributed by atoms with Gasteiger partial charge >= 0.3 is 7.59 Å². The molecule has 0 fully saturated rings. The zero-order valence-corrected chi connectivity index (χ0v) is 21.7. The maximum Gasteiger partial charge on any atom is 0.376 e.